The SMILES string of the molecule is CCN(CC)C(=O)NCCc1nc(C)cs1. The Morgan fingerprint density at radius 2 is 2.19 bits per heavy atom. The summed E-state index contributed by atoms with van der Waals surface area (Å²) in [5.41, 5.74) is 1.05. The number of hydrogen-bond donors (Lipinski definition) is 1. The lowest BCUT2D eigenvalue weighted by atomic mass is 10.4. The lowest BCUT2D eigenvalue weighted by Crippen LogP contribution is -2.40. The molecule has 0 aliphatic carbocycles. The number of hydrogen-bond acceptors (Lipinski definition) is 3. The van der Waals surface area contributed by atoms with Crippen LogP contribution in [0.1, 0.15) is 24.5 Å². The van der Waals surface area contributed by atoms with Crippen LogP contribution in [-0.4, -0.2) is 35.5 Å². The van der Waals surface area contributed by atoms with Crippen molar-refractivity contribution in [3.8, 4) is 0 Å². The summed E-state index contributed by atoms with van der Waals surface area (Å²) in [6, 6.07) is 0.0123. The van der Waals surface area contributed by atoms with Crippen molar-refractivity contribution in [1.82, 2.24) is 15.2 Å². The molecule has 2 amide bonds. The molecule has 0 atom stereocenters. The molecule has 0 saturated heterocycles. The van der Waals surface area contributed by atoms with Gasteiger partial charge < -0.3 is 10.2 Å². The zero-order valence-electron chi connectivity index (χ0n) is 10.1. The molecule has 0 aliphatic heterocycles. The lowest BCUT2D eigenvalue weighted by molar-refractivity contribution is 0.203. The maximum absolute atomic E-state index is 11.6. The van der Waals surface area contributed by atoms with Crippen LogP contribution in [0.3, 0.4) is 0 Å². The number of aryl methyl sites for hydroxylation is 1. The Kier molecular flexibility index (Phi) is 5.25. The first-order chi connectivity index (χ1) is 7.67. The summed E-state index contributed by atoms with van der Waals surface area (Å²) < 4.78 is 0. The van der Waals surface area contributed by atoms with Crippen molar-refractivity contribution in [3.63, 3.8) is 0 Å². The first kappa shape index (κ1) is 13.0. The maximum atomic E-state index is 11.6. The van der Waals surface area contributed by atoms with E-state index in [0.717, 1.165) is 30.2 Å². The van der Waals surface area contributed by atoms with E-state index in [1.165, 1.54) is 0 Å². The third kappa shape index (κ3) is 3.81. The average molecular weight is 241 g/mol. The van der Waals surface area contributed by atoms with E-state index in [1.54, 1.807) is 16.2 Å². The van der Waals surface area contributed by atoms with Crippen LogP contribution in [0.5, 0.6) is 0 Å². The van der Waals surface area contributed by atoms with Crippen LogP contribution in [0.4, 0.5) is 4.79 Å². The van der Waals surface area contributed by atoms with E-state index in [2.05, 4.69) is 10.3 Å². The second-order valence-electron chi connectivity index (χ2n) is 3.54. The van der Waals surface area contributed by atoms with Crippen LogP contribution in [0, 0.1) is 6.92 Å². The molecule has 5 heteroatoms. The molecule has 0 radical (unpaired) electrons. The molecule has 4 nitrogen and oxygen atoms in total. The van der Waals surface area contributed by atoms with Crippen LogP contribution >= 0.6 is 11.3 Å². The Balaban J connectivity index is 2.27. The number of thiazole rings is 1. The number of nitrogens with one attached hydrogen (secondary N) is 1. The van der Waals surface area contributed by atoms with Crippen molar-refractivity contribution in [3.05, 3.63) is 16.1 Å². The molecule has 1 aromatic rings. The maximum Gasteiger partial charge on any atom is 0.317 e. The zero-order chi connectivity index (χ0) is 12.0. The number of aromatic nitrogens is 1. The molecule has 0 bridgehead atoms. The Morgan fingerprint density at radius 3 is 2.69 bits per heavy atom. The Morgan fingerprint density at radius 1 is 1.50 bits per heavy atom. The van der Waals surface area contributed by atoms with Crippen molar-refractivity contribution in [2.45, 2.75) is 27.2 Å². The summed E-state index contributed by atoms with van der Waals surface area (Å²) in [6.07, 6.45) is 0.811. The molecule has 0 aliphatic rings. The van der Waals surface area contributed by atoms with E-state index in [9.17, 15) is 4.79 Å². The van der Waals surface area contributed by atoms with Crippen LogP contribution < -0.4 is 5.32 Å². The number of carbonyl (C=O) groups is 1. The van der Waals surface area contributed by atoms with Crippen LogP contribution in [0.25, 0.3) is 0 Å². The summed E-state index contributed by atoms with van der Waals surface area (Å²) >= 11 is 1.65. The molecule has 0 saturated carbocycles. The van der Waals surface area contributed by atoms with E-state index in [4.69, 9.17) is 0 Å². The van der Waals surface area contributed by atoms with Crippen molar-refractivity contribution < 1.29 is 4.79 Å². The number of carbonyl (C=O) groups excluding carboxylic acids is 1. The van der Waals surface area contributed by atoms with E-state index in [-0.39, 0.29) is 6.03 Å². The predicted octanol–water partition coefficient (Wildman–Crippen LogP) is 2.05. The number of amides is 2. The average Bonchev–Trinajstić information content (AvgIpc) is 2.66. The number of urea groups is 1. The van der Waals surface area contributed by atoms with Gasteiger partial charge in [0.2, 0.25) is 0 Å². The van der Waals surface area contributed by atoms with Gasteiger partial charge in [-0.2, -0.15) is 0 Å². The molecule has 90 valence electrons. The third-order valence-corrected chi connectivity index (χ3v) is 3.36. The Labute approximate surface area is 101 Å². The molecule has 1 N–H and O–H groups in total. The highest BCUT2D eigenvalue weighted by molar-refractivity contribution is 7.09. The van der Waals surface area contributed by atoms with Gasteiger partial charge in [-0.3, -0.25) is 0 Å². The van der Waals surface area contributed by atoms with Gasteiger partial charge in [-0.05, 0) is 20.8 Å². The monoisotopic (exact) mass is 241 g/mol. The van der Waals surface area contributed by atoms with Gasteiger partial charge in [-0.25, -0.2) is 9.78 Å². The quantitative estimate of drug-likeness (QED) is 0.857. The van der Waals surface area contributed by atoms with Gasteiger partial charge in [-0.15, -0.1) is 11.3 Å². The van der Waals surface area contributed by atoms with E-state index in [0.29, 0.717) is 6.54 Å². The fourth-order valence-electron chi connectivity index (χ4n) is 1.42. The minimum atomic E-state index is 0.0123. The van der Waals surface area contributed by atoms with Crippen molar-refractivity contribution >= 4 is 17.4 Å². The summed E-state index contributed by atoms with van der Waals surface area (Å²) in [5, 5.41) is 6.01. The summed E-state index contributed by atoms with van der Waals surface area (Å²) in [4.78, 5) is 17.7. The van der Waals surface area contributed by atoms with Gasteiger partial charge in [0.1, 0.15) is 0 Å². The van der Waals surface area contributed by atoms with Crippen LogP contribution in [-0.2, 0) is 6.42 Å². The predicted molar refractivity (Wildman–Crippen MR) is 66.9 cm³/mol. The second-order valence-corrected chi connectivity index (χ2v) is 4.48. The molecule has 0 fully saturated rings. The van der Waals surface area contributed by atoms with Crippen molar-refractivity contribution in [1.29, 1.82) is 0 Å². The molecule has 1 aromatic heterocycles. The highest BCUT2D eigenvalue weighted by Gasteiger charge is 2.08. The molecule has 0 aromatic carbocycles. The highest BCUT2D eigenvalue weighted by atomic mass is 32.1. The minimum Gasteiger partial charge on any atom is -0.338 e. The fraction of sp³-hybridized carbons (Fsp3) is 0.636. The summed E-state index contributed by atoms with van der Waals surface area (Å²) in [7, 11) is 0. The largest absolute Gasteiger partial charge is 0.338 e. The fourth-order valence-corrected chi connectivity index (χ4v) is 2.19. The first-order valence-electron chi connectivity index (χ1n) is 5.61. The standard InChI is InChI=1S/C11H19N3OS/c1-4-14(5-2)11(15)12-7-6-10-13-9(3)8-16-10/h8H,4-7H2,1-3H3,(H,12,15). The van der Waals surface area contributed by atoms with E-state index >= 15 is 0 Å². The van der Waals surface area contributed by atoms with Crippen LogP contribution in [0.15, 0.2) is 5.38 Å². The molecule has 0 unspecified atom stereocenters. The van der Waals surface area contributed by atoms with Crippen LogP contribution in [0.2, 0.25) is 0 Å². The summed E-state index contributed by atoms with van der Waals surface area (Å²) in [5.74, 6) is 0. The lowest BCUT2D eigenvalue weighted by Gasteiger charge is -2.18. The summed E-state index contributed by atoms with van der Waals surface area (Å²) in [6.45, 7) is 8.09. The third-order valence-electron chi connectivity index (χ3n) is 2.33. The Bertz CT molecular complexity index is 334. The van der Waals surface area contributed by atoms with Gasteiger partial charge in [-0.1, -0.05) is 0 Å². The van der Waals surface area contributed by atoms with Gasteiger partial charge in [0, 0.05) is 37.1 Å². The molecule has 16 heavy (non-hydrogen) atoms. The van der Waals surface area contributed by atoms with Crippen molar-refractivity contribution in [2.24, 2.45) is 0 Å². The molecule has 1 rings (SSSR count). The molecular weight excluding hydrogens is 222 g/mol. The first-order valence-corrected chi connectivity index (χ1v) is 6.49. The van der Waals surface area contributed by atoms with Crippen molar-refractivity contribution in [2.75, 3.05) is 19.6 Å². The topological polar surface area (TPSA) is 45.2 Å². The van der Waals surface area contributed by atoms with Gasteiger partial charge in [0.25, 0.3) is 0 Å². The smallest absolute Gasteiger partial charge is 0.317 e. The molecule has 0 spiro atoms. The zero-order valence-corrected chi connectivity index (χ0v) is 10.9. The highest BCUT2D eigenvalue weighted by Crippen LogP contribution is 2.08. The molecule has 1 heterocycles. The number of rotatable bonds is 5. The van der Waals surface area contributed by atoms with Gasteiger partial charge in [0.05, 0.1) is 5.01 Å². The van der Waals surface area contributed by atoms with E-state index in [1.807, 2.05) is 26.2 Å². The normalized spacial score (nSPS) is 10.2. The number of nitrogens with zero attached hydrogens (tertiary/aromatic N) is 2. The van der Waals surface area contributed by atoms with E-state index < -0.39 is 0 Å². The second kappa shape index (κ2) is 6.48. The Hall–Kier alpha value is -1.10. The molecular formula is C11H19N3OS. The minimum absolute atomic E-state index is 0.0123. The van der Waals surface area contributed by atoms with Gasteiger partial charge >= 0.3 is 6.03 Å². The van der Waals surface area contributed by atoms with Gasteiger partial charge in [0.15, 0.2) is 0 Å².